The number of hydrogen-bond donors (Lipinski definition) is 1. The van der Waals surface area contributed by atoms with Gasteiger partial charge in [0, 0.05) is 11.6 Å². The average molecular weight is 436 g/mol. The summed E-state index contributed by atoms with van der Waals surface area (Å²) in [6.45, 7) is 1.97. The van der Waals surface area contributed by atoms with Gasteiger partial charge in [-0.05, 0) is 30.7 Å². The van der Waals surface area contributed by atoms with E-state index in [2.05, 4.69) is 15.0 Å². The van der Waals surface area contributed by atoms with Crippen molar-refractivity contribution in [2.75, 3.05) is 19.0 Å². The molecular weight excluding hydrogens is 416 g/mol. The Morgan fingerprint density at radius 2 is 1.74 bits per heavy atom. The minimum absolute atomic E-state index is 0.240. The molecule has 0 spiro atoms. The smallest absolute Gasteiger partial charge is 0.350 e. The zero-order valence-corrected chi connectivity index (χ0v) is 17.8. The van der Waals surface area contributed by atoms with Crippen LogP contribution in [0.5, 0.6) is 0 Å². The Morgan fingerprint density at radius 3 is 2.39 bits per heavy atom. The van der Waals surface area contributed by atoms with Crippen molar-refractivity contribution in [1.29, 1.82) is 0 Å². The lowest BCUT2D eigenvalue weighted by Crippen LogP contribution is -2.07. The standard InChI is InChI=1S/C23H20N2O5S/c1-3-30-22(28)20-19(16-7-5-4-6-8-16)25-23(31-20)24-18(26)14-11-15-9-12-17(13-10-15)21(27)29-2/h4-14H,3H2,1-2H3,(H,24,25,26)/b14-11+. The van der Waals surface area contributed by atoms with Gasteiger partial charge in [0.05, 0.1) is 25.0 Å². The summed E-state index contributed by atoms with van der Waals surface area (Å²) >= 11 is 1.06. The normalized spacial score (nSPS) is 10.6. The summed E-state index contributed by atoms with van der Waals surface area (Å²) in [4.78, 5) is 40.9. The first-order valence-electron chi connectivity index (χ1n) is 9.42. The summed E-state index contributed by atoms with van der Waals surface area (Å²) in [5, 5.41) is 2.97. The minimum Gasteiger partial charge on any atom is -0.465 e. The van der Waals surface area contributed by atoms with Crippen LogP contribution in [0.2, 0.25) is 0 Å². The quantitative estimate of drug-likeness (QED) is 0.435. The van der Waals surface area contributed by atoms with E-state index >= 15 is 0 Å². The molecule has 1 aromatic heterocycles. The number of esters is 2. The number of anilines is 1. The fourth-order valence-electron chi connectivity index (χ4n) is 2.67. The van der Waals surface area contributed by atoms with Crippen molar-refractivity contribution in [3.8, 4) is 11.3 Å². The molecule has 0 atom stereocenters. The number of carbonyl (C=O) groups excluding carboxylic acids is 3. The molecule has 0 aliphatic rings. The van der Waals surface area contributed by atoms with Crippen molar-refractivity contribution < 1.29 is 23.9 Å². The van der Waals surface area contributed by atoms with Gasteiger partial charge >= 0.3 is 11.9 Å². The lowest BCUT2D eigenvalue weighted by Gasteiger charge is -2.01. The van der Waals surface area contributed by atoms with E-state index in [-0.39, 0.29) is 11.7 Å². The van der Waals surface area contributed by atoms with Crippen LogP contribution in [0.1, 0.15) is 32.5 Å². The van der Waals surface area contributed by atoms with Gasteiger partial charge in [-0.3, -0.25) is 10.1 Å². The summed E-state index contributed by atoms with van der Waals surface area (Å²) < 4.78 is 9.78. The van der Waals surface area contributed by atoms with Crippen molar-refractivity contribution in [2.24, 2.45) is 0 Å². The molecule has 1 amide bonds. The predicted molar refractivity (Wildman–Crippen MR) is 119 cm³/mol. The first kappa shape index (κ1) is 21.9. The molecule has 0 radical (unpaired) electrons. The zero-order valence-electron chi connectivity index (χ0n) is 17.0. The van der Waals surface area contributed by atoms with Gasteiger partial charge in [-0.1, -0.05) is 53.8 Å². The van der Waals surface area contributed by atoms with Crippen molar-refractivity contribution in [1.82, 2.24) is 4.98 Å². The molecule has 158 valence electrons. The number of ether oxygens (including phenoxy) is 2. The molecule has 2 aromatic carbocycles. The molecule has 0 fully saturated rings. The Balaban J connectivity index is 1.75. The number of aromatic nitrogens is 1. The topological polar surface area (TPSA) is 94.6 Å². The van der Waals surface area contributed by atoms with Crippen LogP contribution >= 0.6 is 11.3 Å². The van der Waals surface area contributed by atoms with E-state index in [1.54, 1.807) is 37.3 Å². The number of thiazole rings is 1. The van der Waals surface area contributed by atoms with E-state index in [1.807, 2.05) is 30.3 Å². The van der Waals surface area contributed by atoms with Gasteiger partial charge in [0.1, 0.15) is 4.88 Å². The molecule has 0 aliphatic carbocycles. The third-order valence-corrected chi connectivity index (χ3v) is 5.08. The van der Waals surface area contributed by atoms with Crippen LogP contribution in [0, 0.1) is 0 Å². The maximum Gasteiger partial charge on any atom is 0.350 e. The van der Waals surface area contributed by atoms with Gasteiger partial charge in [-0.15, -0.1) is 0 Å². The highest BCUT2D eigenvalue weighted by atomic mass is 32.1. The van der Waals surface area contributed by atoms with Gasteiger partial charge in [0.2, 0.25) is 5.91 Å². The Morgan fingerprint density at radius 1 is 1.03 bits per heavy atom. The second kappa shape index (κ2) is 10.3. The molecular formula is C23H20N2O5S. The van der Waals surface area contributed by atoms with E-state index in [9.17, 15) is 14.4 Å². The maximum absolute atomic E-state index is 12.3. The van der Waals surface area contributed by atoms with Crippen LogP contribution in [0.3, 0.4) is 0 Å². The van der Waals surface area contributed by atoms with Crippen LogP contribution in [-0.4, -0.2) is 36.5 Å². The minimum atomic E-state index is -0.486. The molecule has 8 heteroatoms. The molecule has 0 saturated carbocycles. The van der Waals surface area contributed by atoms with Gasteiger partial charge in [0.15, 0.2) is 5.13 Å². The largest absolute Gasteiger partial charge is 0.465 e. The summed E-state index contributed by atoms with van der Waals surface area (Å²) in [6, 6.07) is 15.8. The number of carbonyl (C=O) groups is 3. The molecule has 0 aliphatic heterocycles. The fourth-order valence-corrected chi connectivity index (χ4v) is 3.55. The Bertz CT molecular complexity index is 1100. The molecule has 1 N–H and O–H groups in total. The van der Waals surface area contributed by atoms with Crippen LogP contribution in [0.25, 0.3) is 17.3 Å². The third-order valence-electron chi connectivity index (χ3n) is 4.12. The highest BCUT2D eigenvalue weighted by Crippen LogP contribution is 2.31. The highest BCUT2D eigenvalue weighted by molar-refractivity contribution is 7.18. The molecule has 3 rings (SSSR count). The first-order valence-corrected chi connectivity index (χ1v) is 10.2. The van der Waals surface area contributed by atoms with E-state index in [0.29, 0.717) is 16.1 Å². The van der Waals surface area contributed by atoms with E-state index in [1.165, 1.54) is 13.2 Å². The van der Waals surface area contributed by atoms with E-state index < -0.39 is 17.8 Å². The van der Waals surface area contributed by atoms with Gasteiger partial charge < -0.3 is 9.47 Å². The number of rotatable bonds is 7. The summed E-state index contributed by atoms with van der Waals surface area (Å²) in [5.41, 5.74) is 2.37. The van der Waals surface area contributed by atoms with Crippen molar-refractivity contribution in [2.45, 2.75) is 6.92 Å². The molecule has 1 heterocycles. The number of methoxy groups -OCH3 is 1. The van der Waals surface area contributed by atoms with E-state index in [4.69, 9.17) is 4.74 Å². The Labute approximate surface area is 183 Å². The number of amides is 1. The lowest BCUT2D eigenvalue weighted by molar-refractivity contribution is -0.111. The predicted octanol–water partition coefficient (Wildman–Crippen LogP) is 4.43. The van der Waals surface area contributed by atoms with Crippen LogP contribution in [-0.2, 0) is 14.3 Å². The molecule has 7 nitrogen and oxygen atoms in total. The Kier molecular flexibility index (Phi) is 7.29. The first-order chi connectivity index (χ1) is 15.0. The molecule has 3 aromatic rings. The fraction of sp³-hybridized carbons (Fsp3) is 0.130. The second-order valence-corrected chi connectivity index (χ2v) is 7.22. The molecule has 0 saturated heterocycles. The lowest BCUT2D eigenvalue weighted by atomic mass is 10.1. The number of nitrogens with one attached hydrogen (secondary N) is 1. The summed E-state index contributed by atoms with van der Waals surface area (Å²) in [7, 11) is 1.32. The van der Waals surface area contributed by atoms with Crippen molar-refractivity contribution in [3.05, 3.63) is 76.7 Å². The number of nitrogens with zero attached hydrogens (tertiary/aromatic N) is 1. The van der Waals surface area contributed by atoms with E-state index in [0.717, 1.165) is 22.5 Å². The molecule has 0 bridgehead atoms. The van der Waals surface area contributed by atoms with Gasteiger partial charge in [-0.25, -0.2) is 14.6 Å². The van der Waals surface area contributed by atoms with Gasteiger partial charge in [0.25, 0.3) is 0 Å². The SMILES string of the molecule is CCOC(=O)c1sc(NC(=O)/C=C/c2ccc(C(=O)OC)cc2)nc1-c1ccccc1. The van der Waals surface area contributed by atoms with Crippen LogP contribution < -0.4 is 5.32 Å². The van der Waals surface area contributed by atoms with Crippen LogP contribution in [0.4, 0.5) is 5.13 Å². The number of hydrogen-bond acceptors (Lipinski definition) is 7. The summed E-state index contributed by atoms with van der Waals surface area (Å²) in [6.07, 6.45) is 2.95. The number of benzene rings is 2. The monoisotopic (exact) mass is 436 g/mol. The van der Waals surface area contributed by atoms with Crippen molar-refractivity contribution in [3.63, 3.8) is 0 Å². The molecule has 0 unspecified atom stereocenters. The highest BCUT2D eigenvalue weighted by Gasteiger charge is 2.21. The Hall–Kier alpha value is -3.78. The van der Waals surface area contributed by atoms with Gasteiger partial charge in [-0.2, -0.15) is 0 Å². The second-order valence-electron chi connectivity index (χ2n) is 6.22. The van der Waals surface area contributed by atoms with Crippen LogP contribution in [0.15, 0.2) is 60.7 Å². The maximum atomic E-state index is 12.3. The van der Waals surface area contributed by atoms with Crippen molar-refractivity contribution >= 4 is 40.4 Å². The third kappa shape index (κ3) is 5.64. The summed E-state index contributed by atoms with van der Waals surface area (Å²) in [5.74, 6) is -1.31. The zero-order chi connectivity index (χ0) is 22.2. The molecule has 31 heavy (non-hydrogen) atoms. The average Bonchev–Trinajstić information content (AvgIpc) is 3.22.